The van der Waals surface area contributed by atoms with Crippen LogP contribution in [0.2, 0.25) is 0 Å². The van der Waals surface area contributed by atoms with Gasteiger partial charge in [-0.1, -0.05) is 27.2 Å². The molecule has 2 atom stereocenters. The number of esters is 2. The molecule has 5 nitrogen and oxygen atoms in total. The Balaban J connectivity index is 2.51. The van der Waals surface area contributed by atoms with Gasteiger partial charge in [-0.25, -0.2) is 0 Å². The number of Topliss-reactive ketones (excluding diaryl/α,β-unsaturated/α-hetero) is 1. The van der Waals surface area contributed by atoms with Crippen LogP contribution in [0.5, 0.6) is 0 Å². The summed E-state index contributed by atoms with van der Waals surface area (Å²) in [5.41, 5.74) is 1.10. The SMILES string of the molecule is COC(=O)CC1=C(COC(C)=O)C(=O)CC2C(C)(C)CCC[C@]12C. The predicted octanol–water partition coefficient (Wildman–Crippen LogP) is 3.21. The third-order valence-electron chi connectivity index (χ3n) is 5.98. The van der Waals surface area contributed by atoms with E-state index < -0.39 is 5.97 Å². The summed E-state index contributed by atoms with van der Waals surface area (Å²) in [6.45, 7) is 7.83. The highest BCUT2D eigenvalue weighted by Crippen LogP contribution is 2.59. The third-order valence-corrected chi connectivity index (χ3v) is 5.98. The second-order valence-electron chi connectivity index (χ2n) is 7.93. The first-order chi connectivity index (χ1) is 11.1. The van der Waals surface area contributed by atoms with Crippen molar-refractivity contribution >= 4 is 17.7 Å². The van der Waals surface area contributed by atoms with Gasteiger partial charge in [-0.15, -0.1) is 0 Å². The molecule has 0 heterocycles. The maximum absolute atomic E-state index is 12.8. The Hall–Kier alpha value is -1.65. The summed E-state index contributed by atoms with van der Waals surface area (Å²) in [5.74, 6) is -0.605. The zero-order valence-electron chi connectivity index (χ0n) is 15.4. The number of rotatable bonds is 4. The average molecular weight is 336 g/mol. The first-order valence-corrected chi connectivity index (χ1v) is 8.57. The number of hydrogen-bond donors (Lipinski definition) is 0. The highest BCUT2D eigenvalue weighted by molar-refractivity contribution is 5.99. The van der Waals surface area contributed by atoms with Gasteiger partial charge in [-0.2, -0.15) is 0 Å². The van der Waals surface area contributed by atoms with Crippen LogP contribution in [0.3, 0.4) is 0 Å². The van der Waals surface area contributed by atoms with Crippen molar-refractivity contribution in [1.29, 1.82) is 0 Å². The van der Waals surface area contributed by atoms with E-state index in [0.29, 0.717) is 12.0 Å². The average Bonchev–Trinajstić information content (AvgIpc) is 2.48. The lowest BCUT2D eigenvalue weighted by Crippen LogP contribution is -2.48. The van der Waals surface area contributed by atoms with Gasteiger partial charge in [0.15, 0.2) is 5.78 Å². The largest absolute Gasteiger partial charge is 0.469 e. The molecule has 0 aromatic rings. The van der Waals surface area contributed by atoms with Crippen molar-refractivity contribution in [3.8, 4) is 0 Å². The molecule has 1 unspecified atom stereocenters. The molecule has 0 aromatic carbocycles. The Labute approximate surface area is 143 Å². The quantitative estimate of drug-likeness (QED) is 0.737. The Morgan fingerprint density at radius 2 is 1.88 bits per heavy atom. The van der Waals surface area contributed by atoms with Crippen LogP contribution in [0.15, 0.2) is 11.1 Å². The van der Waals surface area contributed by atoms with Crippen LogP contribution in [0.1, 0.15) is 59.8 Å². The van der Waals surface area contributed by atoms with E-state index in [1.165, 1.54) is 14.0 Å². The van der Waals surface area contributed by atoms with E-state index in [2.05, 4.69) is 20.8 Å². The second kappa shape index (κ2) is 6.69. The standard InChI is InChI=1S/C19H28O5/c1-12(20)24-11-13-14(9-17(22)23-5)19(4)8-6-7-18(2,3)16(19)10-15(13)21/h16H,6-11H2,1-5H3/t16?,19-/m1/s1. The summed E-state index contributed by atoms with van der Waals surface area (Å²) in [6.07, 6.45) is 3.60. The Morgan fingerprint density at radius 3 is 2.46 bits per heavy atom. The summed E-state index contributed by atoms with van der Waals surface area (Å²) in [4.78, 5) is 35.9. The number of carbonyl (C=O) groups is 3. The Kier molecular flexibility index (Phi) is 5.21. The van der Waals surface area contributed by atoms with Crippen molar-refractivity contribution in [1.82, 2.24) is 0 Å². The predicted molar refractivity (Wildman–Crippen MR) is 89.1 cm³/mol. The molecule has 2 aliphatic carbocycles. The fourth-order valence-corrected chi connectivity index (χ4v) is 4.67. The van der Waals surface area contributed by atoms with Crippen molar-refractivity contribution in [2.75, 3.05) is 13.7 Å². The summed E-state index contributed by atoms with van der Waals surface area (Å²) < 4.78 is 9.95. The van der Waals surface area contributed by atoms with Gasteiger partial charge in [0.2, 0.25) is 0 Å². The lowest BCUT2D eigenvalue weighted by Gasteiger charge is -2.54. The smallest absolute Gasteiger partial charge is 0.309 e. The van der Waals surface area contributed by atoms with Gasteiger partial charge in [0.1, 0.15) is 6.61 Å². The molecular weight excluding hydrogens is 308 g/mol. The summed E-state index contributed by atoms with van der Waals surface area (Å²) >= 11 is 0. The zero-order valence-corrected chi connectivity index (χ0v) is 15.4. The lowest BCUT2D eigenvalue weighted by molar-refractivity contribution is -0.140. The summed E-state index contributed by atoms with van der Waals surface area (Å²) in [5, 5.41) is 0. The molecule has 1 fully saturated rings. The molecule has 2 aliphatic rings. The van der Waals surface area contributed by atoms with Crippen LogP contribution < -0.4 is 0 Å². The molecule has 0 radical (unpaired) electrons. The van der Waals surface area contributed by atoms with Crippen LogP contribution in [-0.2, 0) is 23.9 Å². The first kappa shape index (κ1) is 18.7. The van der Waals surface area contributed by atoms with E-state index in [1.807, 2.05) is 0 Å². The van der Waals surface area contributed by atoms with Gasteiger partial charge in [-0.3, -0.25) is 14.4 Å². The van der Waals surface area contributed by atoms with Crippen molar-refractivity contribution in [2.24, 2.45) is 16.7 Å². The highest BCUT2D eigenvalue weighted by atomic mass is 16.5. The molecule has 24 heavy (non-hydrogen) atoms. The minimum Gasteiger partial charge on any atom is -0.469 e. The fourth-order valence-electron chi connectivity index (χ4n) is 4.67. The molecule has 1 saturated carbocycles. The van der Waals surface area contributed by atoms with E-state index in [1.54, 1.807) is 0 Å². The van der Waals surface area contributed by atoms with Crippen LogP contribution >= 0.6 is 0 Å². The molecule has 134 valence electrons. The molecule has 5 heteroatoms. The second-order valence-corrected chi connectivity index (χ2v) is 7.93. The lowest BCUT2D eigenvalue weighted by atomic mass is 9.49. The molecule has 0 aromatic heterocycles. The monoisotopic (exact) mass is 336 g/mol. The molecule has 0 amide bonds. The third kappa shape index (κ3) is 3.40. The molecule has 0 N–H and O–H groups in total. The maximum Gasteiger partial charge on any atom is 0.309 e. The van der Waals surface area contributed by atoms with E-state index >= 15 is 0 Å². The van der Waals surface area contributed by atoms with Gasteiger partial charge in [0, 0.05) is 18.9 Å². The summed E-state index contributed by atoms with van der Waals surface area (Å²) in [6, 6.07) is 0. The molecule has 2 rings (SSSR count). The van der Waals surface area contributed by atoms with Gasteiger partial charge < -0.3 is 9.47 Å². The normalized spacial score (nSPS) is 29.0. The van der Waals surface area contributed by atoms with Crippen molar-refractivity contribution in [2.45, 2.75) is 59.8 Å². The van der Waals surface area contributed by atoms with E-state index in [-0.39, 0.29) is 41.5 Å². The van der Waals surface area contributed by atoms with Crippen LogP contribution in [-0.4, -0.2) is 31.4 Å². The van der Waals surface area contributed by atoms with Gasteiger partial charge in [0.25, 0.3) is 0 Å². The number of methoxy groups -OCH3 is 1. The van der Waals surface area contributed by atoms with Crippen LogP contribution in [0.4, 0.5) is 0 Å². The maximum atomic E-state index is 12.8. The van der Waals surface area contributed by atoms with Crippen LogP contribution in [0, 0.1) is 16.7 Å². The molecule has 0 spiro atoms. The number of hydrogen-bond acceptors (Lipinski definition) is 5. The number of carbonyl (C=O) groups excluding carboxylic acids is 3. The highest BCUT2D eigenvalue weighted by Gasteiger charge is 2.53. The Bertz CT molecular complexity index is 587. The number of fused-ring (bicyclic) bond motifs is 1. The van der Waals surface area contributed by atoms with Gasteiger partial charge in [0.05, 0.1) is 13.5 Å². The zero-order chi connectivity index (χ0) is 18.1. The molecule has 0 bridgehead atoms. The van der Waals surface area contributed by atoms with Gasteiger partial charge >= 0.3 is 11.9 Å². The van der Waals surface area contributed by atoms with Crippen molar-refractivity contribution < 1.29 is 23.9 Å². The first-order valence-electron chi connectivity index (χ1n) is 8.57. The van der Waals surface area contributed by atoms with E-state index in [0.717, 1.165) is 24.8 Å². The minimum absolute atomic E-state index is 0.00685. The number of ether oxygens (including phenoxy) is 2. The molecular formula is C19H28O5. The topological polar surface area (TPSA) is 69.7 Å². The Morgan fingerprint density at radius 1 is 1.21 bits per heavy atom. The van der Waals surface area contributed by atoms with E-state index in [4.69, 9.17) is 9.47 Å². The van der Waals surface area contributed by atoms with Crippen molar-refractivity contribution in [3.63, 3.8) is 0 Å². The minimum atomic E-state index is -0.427. The van der Waals surface area contributed by atoms with Gasteiger partial charge in [-0.05, 0) is 35.2 Å². The van der Waals surface area contributed by atoms with Crippen LogP contribution in [0.25, 0.3) is 0 Å². The number of ketones is 1. The summed E-state index contributed by atoms with van der Waals surface area (Å²) in [7, 11) is 1.35. The molecule has 0 saturated heterocycles. The molecule has 0 aliphatic heterocycles. The fraction of sp³-hybridized carbons (Fsp3) is 0.737. The van der Waals surface area contributed by atoms with E-state index in [9.17, 15) is 14.4 Å². The van der Waals surface area contributed by atoms with Crippen molar-refractivity contribution in [3.05, 3.63) is 11.1 Å².